The van der Waals surface area contributed by atoms with Crippen molar-refractivity contribution in [1.29, 1.82) is 0 Å². The van der Waals surface area contributed by atoms with E-state index in [4.69, 9.17) is 9.47 Å². The minimum Gasteiger partial charge on any atom is -0.462 e. The Morgan fingerprint density at radius 2 is 0.488 bits per heavy atom. The molecule has 0 aromatic carbocycles. The van der Waals surface area contributed by atoms with Crippen LogP contribution >= 0.6 is 0 Å². The van der Waals surface area contributed by atoms with Crippen LogP contribution in [0.5, 0.6) is 0 Å². The van der Waals surface area contributed by atoms with Crippen molar-refractivity contribution in [2.45, 2.75) is 315 Å². The van der Waals surface area contributed by atoms with E-state index >= 15 is 0 Å². The van der Waals surface area contributed by atoms with E-state index in [1.807, 2.05) is 0 Å². The summed E-state index contributed by atoms with van der Waals surface area (Å²) in [5.74, 6) is -0.589. The Kier molecular flexibility index (Phi) is 67.4. The zero-order valence-corrected chi connectivity index (χ0v) is 53.5. The van der Waals surface area contributed by atoms with Crippen LogP contribution in [0.15, 0.2) is 146 Å². The first-order valence-electron chi connectivity index (χ1n) is 34.4. The highest BCUT2D eigenvalue weighted by atomic mass is 16.6. The molecule has 0 aromatic rings. The number of rotatable bonds is 62. The largest absolute Gasteiger partial charge is 0.462 e. The summed E-state index contributed by atoms with van der Waals surface area (Å²) in [7, 11) is 0. The van der Waals surface area contributed by atoms with Gasteiger partial charge in [0.25, 0.3) is 0 Å². The van der Waals surface area contributed by atoms with Crippen molar-refractivity contribution >= 4 is 11.9 Å². The fraction of sp³-hybridized carbons (Fsp3) is 0.662. The first-order chi connectivity index (χ1) is 40.6. The number of allylic oxidation sites excluding steroid dienone is 24. The molecule has 1 atom stereocenters. The third kappa shape index (κ3) is 68.3. The van der Waals surface area contributed by atoms with Crippen molar-refractivity contribution in [1.82, 2.24) is 0 Å². The molecule has 466 valence electrons. The van der Waals surface area contributed by atoms with Gasteiger partial charge in [-0.05, 0) is 116 Å². The third-order valence-corrected chi connectivity index (χ3v) is 14.6. The van der Waals surface area contributed by atoms with Crippen LogP contribution in [0, 0.1) is 0 Å². The topological polar surface area (TPSA) is 72.8 Å². The Hall–Kier alpha value is -4.22. The summed E-state index contributed by atoms with van der Waals surface area (Å²) in [5, 5.41) is 9.70. The lowest BCUT2D eigenvalue weighted by atomic mass is 10.0. The number of hydrogen-bond donors (Lipinski definition) is 1. The van der Waals surface area contributed by atoms with Crippen molar-refractivity contribution in [3.8, 4) is 0 Å². The van der Waals surface area contributed by atoms with Crippen LogP contribution in [0.2, 0.25) is 0 Å². The van der Waals surface area contributed by atoms with Crippen LogP contribution in [0.3, 0.4) is 0 Å². The highest BCUT2D eigenvalue weighted by Gasteiger charge is 2.16. The molecular formula is C77H128O5. The lowest BCUT2D eigenvalue weighted by molar-refractivity contribution is -0.161. The van der Waals surface area contributed by atoms with Gasteiger partial charge in [0.2, 0.25) is 0 Å². The quantitative estimate of drug-likeness (QED) is 0.0373. The summed E-state index contributed by atoms with van der Waals surface area (Å²) in [6.45, 7) is 3.93. The maximum absolute atomic E-state index is 12.4. The van der Waals surface area contributed by atoms with Gasteiger partial charge in [0, 0.05) is 12.8 Å². The SMILES string of the molecule is CC/C=C\C/C=C\C/C=C\C/C=C\C/C=C\C/C=C\C/C=C\C/C=C\CCCCCCCCCCCCCCC(=O)OC(CO)COC(=O)CCCCCCCCCCCCCCCCCCCC/C=C\C/C=C\C/C=C\C/C=C\CC. The molecule has 82 heavy (non-hydrogen) atoms. The summed E-state index contributed by atoms with van der Waals surface area (Å²) in [6, 6.07) is 0. The standard InChI is InChI=1S/C77H128O5/c1-3-5-7-9-11-13-15-17-19-21-23-25-27-29-31-33-35-36-37-38-39-40-42-44-46-48-50-52-54-56-58-60-62-64-66-68-70-72-77(80)82-75(73-78)74-81-76(79)71-69-67-65-63-61-59-57-55-53-51-49-47-45-43-41-34-32-30-28-26-24-22-20-18-16-14-12-10-8-6-4-2/h5-8,11-14,17-20,23-26,29,31,35-36,38-39,42,44,75,78H,3-4,9-10,15-16,21-22,27-28,30,32-34,37,40-41,43,45-74H2,1-2H3/b7-5-,8-6-,13-11-,14-12-,19-17-,20-18-,25-23-,26-24-,31-29-,36-35-,39-38-,44-42-. The average molecular weight is 1130 g/mol. The molecule has 5 heteroatoms. The third-order valence-electron chi connectivity index (χ3n) is 14.6. The number of ether oxygens (including phenoxy) is 2. The molecule has 0 spiro atoms. The minimum absolute atomic E-state index is 0.0707. The average Bonchev–Trinajstić information content (AvgIpc) is 3.49. The van der Waals surface area contributed by atoms with Gasteiger partial charge in [-0.3, -0.25) is 9.59 Å². The molecule has 5 nitrogen and oxygen atoms in total. The molecule has 0 fully saturated rings. The molecule has 1 unspecified atom stereocenters. The highest BCUT2D eigenvalue weighted by Crippen LogP contribution is 2.17. The number of hydrogen-bond acceptors (Lipinski definition) is 5. The molecule has 0 aliphatic carbocycles. The molecule has 0 radical (unpaired) electrons. The zero-order valence-electron chi connectivity index (χ0n) is 53.5. The fourth-order valence-electron chi connectivity index (χ4n) is 9.57. The van der Waals surface area contributed by atoms with E-state index in [-0.39, 0.29) is 25.2 Å². The predicted octanol–water partition coefficient (Wildman–Crippen LogP) is 24.1. The van der Waals surface area contributed by atoms with Gasteiger partial charge in [0.05, 0.1) is 6.61 Å². The number of carbonyl (C=O) groups is 2. The molecule has 0 rings (SSSR count). The van der Waals surface area contributed by atoms with Crippen LogP contribution in [-0.4, -0.2) is 36.4 Å². The summed E-state index contributed by atoms with van der Waals surface area (Å²) >= 11 is 0. The van der Waals surface area contributed by atoms with Gasteiger partial charge < -0.3 is 14.6 Å². The van der Waals surface area contributed by atoms with Crippen molar-refractivity contribution in [3.63, 3.8) is 0 Å². The van der Waals surface area contributed by atoms with E-state index in [0.717, 1.165) is 116 Å². The van der Waals surface area contributed by atoms with Gasteiger partial charge in [-0.2, -0.15) is 0 Å². The second-order valence-corrected chi connectivity index (χ2v) is 22.5. The highest BCUT2D eigenvalue weighted by molar-refractivity contribution is 5.70. The molecule has 0 bridgehead atoms. The van der Waals surface area contributed by atoms with Gasteiger partial charge in [0.15, 0.2) is 6.10 Å². The Labute approximate surface area is 508 Å². The van der Waals surface area contributed by atoms with Gasteiger partial charge in [-0.25, -0.2) is 0 Å². The first kappa shape index (κ1) is 77.8. The van der Waals surface area contributed by atoms with Crippen LogP contribution in [0.25, 0.3) is 0 Å². The van der Waals surface area contributed by atoms with Gasteiger partial charge >= 0.3 is 11.9 Å². The van der Waals surface area contributed by atoms with Crippen LogP contribution in [0.1, 0.15) is 309 Å². The molecule has 0 amide bonds. The second kappa shape index (κ2) is 71.0. The van der Waals surface area contributed by atoms with Crippen molar-refractivity contribution in [2.75, 3.05) is 13.2 Å². The van der Waals surface area contributed by atoms with Gasteiger partial charge in [0.1, 0.15) is 6.61 Å². The molecule has 1 N–H and O–H groups in total. The van der Waals surface area contributed by atoms with E-state index in [0.29, 0.717) is 12.8 Å². The number of esters is 2. The number of aliphatic hydroxyl groups excluding tert-OH is 1. The fourth-order valence-corrected chi connectivity index (χ4v) is 9.57. The van der Waals surface area contributed by atoms with Crippen LogP contribution < -0.4 is 0 Å². The maximum atomic E-state index is 12.4. The molecular weight excluding hydrogens is 1000 g/mol. The molecule has 0 saturated carbocycles. The van der Waals surface area contributed by atoms with Gasteiger partial charge in [-0.15, -0.1) is 0 Å². The molecule has 0 aliphatic heterocycles. The molecule has 0 aromatic heterocycles. The minimum atomic E-state index is -0.782. The Bertz CT molecular complexity index is 1710. The van der Waals surface area contributed by atoms with Crippen molar-refractivity contribution in [3.05, 3.63) is 146 Å². The molecule has 0 saturated heterocycles. The van der Waals surface area contributed by atoms with E-state index in [2.05, 4.69) is 160 Å². The van der Waals surface area contributed by atoms with Crippen LogP contribution in [-0.2, 0) is 19.1 Å². The van der Waals surface area contributed by atoms with E-state index < -0.39 is 6.10 Å². The lowest BCUT2D eigenvalue weighted by Gasteiger charge is -2.15. The summed E-state index contributed by atoms with van der Waals surface area (Å²) in [4.78, 5) is 24.7. The lowest BCUT2D eigenvalue weighted by Crippen LogP contribution is -2.28. The smallest absolute Gasteiger partial charge is 0.306 e. The summed E-state index contributed by atoms with van der Waals surface area (Å²) in [5.41, 5.74) is 0. The number of unbranched alkanes of at least 4 members (excludes halogenated alkanes) is 30. The van der Waals surface area contributed by atoms with E-state index in [1.165, 1.54) is 167 Å². The summed E-state index contributed by atoms with van der Waals surface area (Å²) < 4.78 is 10.8. The Balaban J connectivity index is 3.50. The first-order valence-corrected chi connectivity index (χ1v) is 34.4. The zero-order chi connectivity index (χ0) is 59.1. The van der Waals surface area contributed by atoms with Crippen molar-refractivity contribution in [2.24, 2.45) is 0 Å². The Morgan fingerprint density at radius 1 is 0.280 bits per heavy atom. The van der Waals surface area contributed by atoms with E-state index in [1.54, 1.807) is 0 Å². The molecule has 0 aliphatic rings. The summed E-state index contributed by atoms with van der Waals surface area (Å²) in [6.07, 6.45) is 107. The maximum Gasteiger partial charge on any atom is 0.306 e. The number of carbonyl (C=O) groups excluding carboxylic acids is 2. The number of aliphatic hydroxyl groups is 1. The van der Waals surface area contributed by atoms with Crippen LogP contribution in [0.4, 0.5) is 0 Å². The Morgan fingerprint density at radius 3 is 0.732 bits per heavy atom. The van der Waals surface area contributed by atoms with E-state index in [9.17, 15) is 14.7 Å². The van der Waals surface area contributed by atoms with Gasteiger partial charge in [-0.1, -0.05) is 327 Å². The molecule has 0 heterocycles. The predicted molar refractivity (Wildman–Crippen MR) is 361 cm³/mol. The second-order valence-electron chi connectivity index (χ2n) is 22.5. The van der Waals surface area contributed by atoms with Crippen molar-refractivity contribution < 1.29 is 24.2 Å². The normalized spacial score (nSPS) is 13.2. The monoisotopic (exact) mass is 1130 g/mol.